The largest absolute Gasteiger partial charge is 0.493 e. The monoisotopic (exact) mass is 376 g/mol. The zero-order valence-electron chi connectivity index (χ0n) is 16.2. The summed E-state index contributed by atoms with van der Waals surface area (Å²) in [5.74, 6) is 1.82. The van der Waals surface area contributed by atoms with Crippen molar-refractivity contribution in [3.05, 3.63) is 17.7 Å². The lowest BCUT2D eigenvalue weighted by Crippen LogP contribution is -2.39. The van der Waals surface area contributed by atoms with Crippen LogP contribution in [0, 0.1) is 5.92 Å². The van der Waals surface area contributed by atoms with Gasteiger partial charge < -0.3 is 24.4 Å². The van der Waals surface area contributed by atoms with Gasteiger partial charge in [0.15, 0.2) is 11.5 Å². The molecular weight excluding hydrogens is 348 g/mol. The molecule has 0 bridgehead atoms. The number of piperidine rings is 1. The molecule has 0 atom stereocenters. The van der Waals surface area contributed by atoms with Crippen molar-refractivity contribution in [3.8, 4) is 17.2 Å². The average Bonchev–Trinajstić information content (AvgIpc) is 3.50. The van der Waals surface area contributed by atoms with Gasteiger partial charge in [0.25, 0.3) is 5.91 Å². The second-order valence-corrected chi connectivity index (χ2v) is 7.20. The lowest BCUT2D eigenvalue weighted by molar-refractivity contribution is -0.122. The predicted molar refractivity (Wildman–Crippen MR) is 101 cm³/mol. The summed E-state index contributed by atoms with van der Waals surface area (Å²) in [6.07, 6.45) is 4.45. The molecular formula is C20H28N2O5. The normalized spacial score (nSPS) is 17.4. The Balaban J connectivity index is 1.60. The van der Waals surface area contributed by atoms with Crippen LogP contribution in [0.4, 0.5) is 0 Å². The third-order valence-corrected chi connectivity index (χ3v) is 5.23. The highest BCUT2D eigenvalue weighted by Crippen LogP contribution is 2.38. The summed E-state index contributed by atoms with van der Waals surface area (Å²) in [7, 11) is 4.60. The standard InChI is InChI=1S/C20H28N2O5/c1-25-16-11-14(12-17(26-2)19(16)27-3)20(24)22-8-6-13(7-9-22)10-18(23)21-15-4-5-15/h11-13,15H,4-10H2,1-3H3,(H,21,23). The first-order chi connectivity index (χ1) is 13.0. The van der Waals surface area contributed by atoms with E-state index >= 15 is 0 Å². The molecule has 148 valence electrons. The third-order valence-electron chi connectivity index (χ3n) is 5.23. The van der Waals surface area contributed by atoms with E-state index in [-0.39, 0.29) is 11.8 Å². The summed E-state index contributed by atoms with van der Waals surface area (Å²) in [4.78, 5) is 26.7. The summed E-state index contributed by atoms with van der Waals surface area (Å²) < 4.78 is 16.0. The number of carbonyl (C=O) groups is 2. The molecule has 1 saturated heterocycles. The van der Waals surface area contributed by atoms with Crippen molar-refractivity contribution < 1.29 is 23.8 Å². The number of ether oxygens (including phenoxy) is 3. The van der Waals surface area contributed by atoms with Gasteiger partial charge in [-0.2, -0.15) is 0 Å². The Morgan fingerprint density at radius 2 is 1.59 bits per heavy atom. The van der Waals surface area contributed by atoms with Crippen LogP contribution in [0.1, 0.15) is 42.5 Å². The number of nitrogens with zero attached hydrogens (tertiary/aromatic N) is 1. The third kappa shape index (κ3) is 4.64. The Morgan fingerprint density at radius 3 is 2.07 bits per heavy atom. The van der Waals surface area contributed by atoms with E-state index in [1.165, 1.54) is 21.3 Å². The van der Waals surface area contributed by atoms with E-state index in [2.05, 4.69) is 5.32 Å². The molecule has 1 aromatic carbocycles. The van der Waals surface area contributed by atoms with Gasteiger partial charge in [0.05, 0.1) is 21.3 Å². The van der Waals surface area contributed by atoms with Crippen LogP contribution in [0.15, 0.2) is 12.1 Å². The molecule has 1 heterocycles. The van der Waals surface area contributed by atoms with Crippen molar-refractivity contribution in [1.82, 2.24) is 10.2 Å². The molecule has 0 spiro atoms. The molecule has 7 nitrogen and oxygen atoms in total. The van der Waals surface area contributed by atoms with Crippen molar-refractivity contribution in [2.24, 2.45) is 5.92 Å². The highest BCUT2D eigenvalue weighted by molar-refractivity contribution is 5.95. The van der Waals surface area contributed by atoms with Gasteiger partial charge in [-0.1, -0.05) is 0 Å². The zero-order chi connectivity index (χ0) is 19.4. The van der Waals surface area contributed by atoms with Crippen molar-refractivity contribution in [2.45, 2.75) is 38.1 Å². The first-order valence-electron chi connectivity index (χ1n) is 9.44. The van der Waals surface area contributed by atoms with Crippen LogP contribution in [0.25, 0.3) is 0 Å². The van der Waals surface area contributed by atoms with Gasteiger partial charge in [0, 0.05) is 31.1 Å². The minimum absolute atomic E-state index is 0.0601. The molecule has 2 amide bonds. The van der Waals surface area contributed by atoms with E-state index < -0.39 is 0 Å². The van der Waals surface area contributed by atoms with Gasteiger partial charge in [-0.3, -0.25) is 9.59 Å². The molecule has 0 aromatic heterocycles. The first-order valence-corrected chi connectivity index (χ1v) is 9.44. The molecule has 7 heteroatoms. The minimum Gasteiger partial charge on any atom is -0.493 e. The number of likely N-dealkylation sites (tertiary alicyclic amines) is 1. The summed E-state index contributed by atoms with van der Waals surface area (Å²) in [6.45, 7) is 1.30. The van der Waals surface area contributed by atoms with Crippen LogP contribution in [-0.2, 0) is 4.79 Å². The Bertz CT molecular complexity index is 669. The number of hydrogen-bond donors (Lipinski definition) is 1. The Kier molecular flexibility index (Phi) is 6.08. The maximum absolute atomic E-state index is 12.9. The number of hydrogen-bond acceptors (Lipinski definition) is 5. The second kappa shape index (κ2) is 8.50. The molecule has 2 aliphatic rings. The average molecular weight is 376 g/mol. The number of carbonyl (C=O) groups excluding carboxylic acids is 2. The summed E-state index contributed by atoms with van der Waals surface area (Å²) in [6, 6.07) is 3.76. The van der Waals surface area contributed by atoms with Gasteiger partial charge in [-0.15, -0.1) is 0 Å². The van der Waals surface area contributed by atoms with Crippen molar-refractivity contribution >= 4 is 11.8 Å². The number of methoxy groups -OCH3 is 3. The molecule has 3 rings (SSSR count). The van der Waals surface area contributed by atoms with Crippen LogP contribution < -0.4 is 19.5 Å². The molecule has 1 N–H and O–H groups in total. The van der Waals surface area contributed by atoms with E-state index in [0.717, 1.165) is 25.7 Å². The van der Waals surface area contributed by atoms with E-state index in [9.17, 15) is 9.59 Å². The maximum atomic E-state index is 12.9. The Morgan fingerprint density at radius 1 is 1.00 bits per heavy atom. The minimum atomic E-state index is -0.0601. The van der Waals surface area contributed by atoms with Crippen LogP contribution in [0.2, 0.25) is 0 Å². The molecule has 2 fully saturated rings. The molecule has 1 aliphatic carbocycles. The van der Waals surface area contributed by atoms with Gasteiger partial charge in [-0.25, -0.2) is 0 Å². The number of benzene rings is 1. The molecule has 0 unspecified atom stereocenters. The van der Waals surface area contributed by atoms with E-state index in [1.807, 2.05) is 4.90 Å². The lowest BCUT2D eigenvalue weighted by Gasteiger charge is -2.32. The second-order valence-electron chi connectivity index (χ2n) is 7.20. The zero-order valence-corrected chi connectivity index (χ0v) is 16.2. The molecule has 1 saturated carbocycles. The van der Waals surface area contributed by atoms with Gasteiger partial charge in [0.2, 0.25) is 11.7 Å². The van der Waals surface area contributed by atoms with E-state index in [1.54, 1.807) is 12.1 Å². The molecule has 1 aliphatic heterocycles. The van der Waals surface area contributed by atoms with Crippen molar-refractivity contribution in [3.63, 3.8) is 0 Å². The van der Waals surface area contributed by atoms with Crippen LogP contribution in [0.3, 0.4) is 0 Å². The van der Waals surface area contributed by atoms with E-state index in [4.69, 9.17) is 14.2 Å². The number of nitrogens with one attached hydrogen (secondary N) is 1. The topological polar surface area (TPSA) is 77.1 Å². The smallest absolute Gasteiger partial charge is 0.254 e. The summed E-state index contributed by atoms with van der Waals surface area (Å²) >= 11 is 0. The molecule has 1 aromatic rings. The van der Waals surface area contributed by atoms with E-state index in [0.29, 0.717) is 54.3 Å². The lowest BCUT2D eigenvalue weighted by atomic mass is 9.92. The molecule has 27 heavy (non-hydrogen) atoms. The molecule has 0 radical (unpaired) electrons. The van der Waals surface area contributed by atoms with Crippen LogP contribution >= 0.6 is 0 Å². The first kappa shape index (κ1) is 19.3. The highest BCUT2D eigenvalue weighted by Gasteiger charge is 2.28. The van der Waals surface area contributed by atoms with Crippen LogP contribution in [-0.4, -0.2) is 57.2 Å². The Labute approximate surface area is 160 Å². The predicted octanol–water partition coefficient (Wildman–Crippen LogP) is 2.23. The Hall–Kier alpha value is -2.44. The van der Waals surface area contributed by atoms with Crippen LogP contribution in [0.5, 0.6) is 17.2 Å². The van der Waals surface area contributed by atoms with Crippen molar-refractivity contribution in [2.75, 3.05) is 34.4 Å². The fraction of sp³-hybridized carbons (Fsp3) is 0.600. The van der Waals surface area contributed by atoms with Gasteiger partial charge in [-0.05, 0) is 43.7 Å². The number of rotatable bonds is 7. The summed E-state index contributed by atoms with van der Waals surface area (Å²) in [5, 5.41) is 3.04. The summed E-state index contributed by atoms with van der Waals surface area (Å²) in [5.41, 5.74) is 0.509. The maximum Gasteiger partial charge on any atom is 0.254 e. The van der Waals surface area contributed by atoms with Gasteiger partial charge >= 0.3 is 0 Å². The van der Waals surface area contributed by atoms with Crippen molar-refractivity contribution in [1.29, 1.82) is 0 Å². The number of amides is 2. The SMILES string of the molecule is COc1cc(C(=O)N2CCC(CC(=O)NC3CC3)CC2)cc(OC)c1OC. The fourth-order valence-electron chi connectivity index (χ4n) is 3.50. The quantitative estimate of drug-likeness (QED) is 0.790. The highest BCUT2D eigenvalue weighted by atomic mass is 16.5. The van der Waals surface area contributed by atoms with Gasteiger partial charge in [0.1, 0.15) is 0 Å². The fourth-order valence-corrected chi connectivity index (χ4v) is 3.50.